The average Bonchev–Trinajstić information content (AvgIpc) is 4.03. The fourth-order valence-electron chi connectivity index (χ4n) is 9.54. The second-order valence-corrected chi connectivity index (χ2v) is 19.7. The fourth-order valence-corrected chi connectivity index (χ4v) is 10.4. The quantitative estimate of drug-likeness (QED) is 0.0364. The Bertz CT molecular complexity index is 2940. The number of benzene rings is 5. The molecule has 1 aliphatic heterocycles. The van der Waals surface area contributed by atoms with Gasteiger partial charge in [0.05, 0.1) is 34.5 Å². The molecule has 2 aromatic heterocycles. The molecule has 1 N–H and O–H groups in total. The van der Waals surface area contributed by atoms with Crippen LogP contribution >= 0.6 is 8.46 Å². The number of aromatic nitrogens is 4. The van der Waals surface area contributed by atoms with Gasteiger partial charge in [-0.05, 0) is 119 Å². The lowest BCUT2D eigenvalue weighted by Crippen LogP contribution is -2.51. The molecule has 17 nitrogen and oxygen atoms in total. The van der Waals surface area contributed by atoms with Crippen molar-refractivity contribution in [2.75, 3.05) is 46.4 Å². The Hall–Kier alpha value is -7.11. The van der Waals surface area contributed by atoms with Crippen molar-refractivity contribution < 1.29 is 47.4 Å². The Balaban J connectivity index is 1.27. The largest absolute Gasteiger partial charge is 0.497 e. The Labute approximate surface area is 439 Å². The van der Waals surface area contributed by atoms with Crippen LogP contribution in [0.25, 0.3) is 11.2 Å². The molecule has 8 rings (SSSR count). The predicted molar refractivity (Wildman–Crippen MR) is 286 cm³/mol. The van der Waals surface area contributed by atoms with Crippen LogP contribution in [-0.2, 0) is 34.7 Å². The van der Waals surface area contributed by atoms with Crippen LogP contribution in [0.4, 0.5) is 5.82 Å². The number of imidazole rings is 1. The van der Waals surface area contributed by atoms with E-state index in [1.807, 2.05) is 132 Å². The van der Waals surface area contributed by atoms with Crippen molar-refractivity contribution in [1.82, 2.24) is 29.5 Å². The molecule has 75 heavy (non-hydrogen) atoms. The number of carbonyl (C=O) groups is 2. The third-order valence-corrected chi connectivity index (χ3v) is 14.2. The average molecular weight is 1040 g/mol. The third-order valence-electron chi connectivity index (χ3n) is 13.2. The van der Waals surface area contributed by atoms with Gasteiger partial charge in [0, 0.05) is 35.8 Å². The molecule has 0 spiro atoms. The maximum absolute atomic E-state index is 14.7. The predicted octanol–water partition coefficient (Wildman–Crippen LogP) is 9.50. The van der Waals surface area contributed by atoms with Gasteiger partial charge >= 0.3 is 13.9 Å². The van der Waals surface area contributed by atoms with Gasteiger partial charge in [-0.15, -0.1) is 0 Å². The van der Waals surface area contributed by atoms with Crippen molar-refractivity contribution >= 4 is 37.3 Å². The topological polar surface area (TPSA) is 178 Å². The summed E-state index contributed by atoms with van der Waals surface area (Å²) < 4.78 is 54.7. The summed E-state index contributed by atoms with van der Waals surface area (Å²) in [6.45, 7) is 11.9. The van der Waals surface area contributed by atoms with E-state index in [-0.39, 0.29) is 60.8 Å². The number of methoxy groups -OCH3 is 3. The van der Waals surface area contributed by atoms with E-state index in [0.29, 0.717) is 28.4 Å². The van der Waals surface area contributed by atoms with E-state index in [1.165, 1.54) is 12.7 Å². The molecule has 0 bridgehead atoms. The molecule has 18 heteroatoms. The molecule has 0 aliphatic carbocycles. The fraction of sp³-hybridized carbons (Fsp3) is 0.351. The minimum absolute atomic E-state index is 0.0389. The molecule has 1 fully saturated rings. The van der Waals surface area contributed by atoms with Crippen LogP contribution in [-0.4, -0.2) is 119 Å². The highest BCUT2D eigenvalue weighted by Crippen LogP contribution is 2.50. The molecular weight excluding hydrogens is 974 g/mol. The lowest BCUT2D eigenvalue weighted by Gasteiger charge is -2.38. The summed E-state index contributed by atoms with van der Waals surface area (Å²) in [5.41, 5.74) is 0.477. The van der Waals surface area contributed by atoms with Crippen molar-refractivity contribution in [2.24, 2.45) is 0 Å². The van der Waals surface area contributed by atoms with Crippen LogP contribution in [0.1, 0.15) is 78.9 Å². The standard InChI is InChI=1S/C57H64N7O10P/c1-37(2)62(55(66)41-20-26-45(68-7)27-21-41)32-33-71-51-50(74-64(38(3)4)39(5)6)48(73-57(51,75-67)63-36-60-49-52(58-35-59-53(49)63)61-54(65)40-16-12-10-13-17-40)34-72-56(42-18-14-11-15-19-42,43-22-28-46(69-8)29-23-43)44-24-30-47(70-9)31-25-44/h10-31,35-39,48,50-51H,32-34H2,1-9H3,(H,58,59,61,65)/p+1/t48-,50-,51-,57+/m1/s1. The van der Waals surface area contributed by atoms with Gasteiger partial charge in [-0.2, -0.15) is 5.06 Å². The van der Waals surface area contributed by atoms with Crippen molar-refractivity contribution in [3.63, 3.8) is 0 Å². The van der Waals surface area contributed by atoms with Gasteiger partial charge in [-0.1, -0.05) is 77.4 Å². The molecule has 392 valence electrons. The van der Waals surface area contributed by atoms with Crippen LogP contribution in [0.15, 0.2) is 146 Å². The summed E-state index contributed by atoms with van der Waals surface area (Å²) in [5, 5.41) is 4.73. The number of fused-ring (bicyclic) bond motifs is 1. The van der Waals surface area contributed by atoms with Crippen LogP contribution in [0.2, 0.25) is 0 Å². The molecule has 5 atom stereocenters. The highest BCUT2D eigenvalue weighted by atomic mass is 31.1. The van der Waals surface area contributed by atoms with Crippen LogP contribution in [0.3, 0.4) is 0 Å². The highest BCUT2D eigenvalue weighted by molar-refractivity contribution is 7.24. The summed E-state index contributed by atoms with van der Waals surface area (Å²) >= 11 is 0. The van der Waals surface area contributed by atoms with E-state index in [4.69, 9.17) is 38.2 Å². The number of hydrogen-bond acceptors (Lipinski definition) is 14. The molecule has 1 saturated heterocycles. The molecule has 7 aromatic rings. The van der Waals surface area contributed by atoms with Gasteiger partial charge in [0.2, 0.25) is 0 Å². The van der Waals surface area contributed by atoms with Crippen molar-refractivity contribution in [1.29, 1.82) is 0 Å². The molecule has 1 aliphatic rings. The van der Waals surface area contributed by atoms with Gasteiger partial charge in [0.1, 0.15) is 47.7 Å². The number of amides is 2. The SMILES string of the molecule is COc1ccc(C(=O)N(CCO[C@@H]2[C@H](ON(C(C)C)C(C)C)[C@@H](COC(c3ccccc3)(c3ccc(OC)cc3)c3ccc(OC)cc3)O[C@@]2([PH+]=O)n2cnc3c(NC(=O)c4ccccc4)ncnc32)C(C)C)cc1. The van der Waals surface area contributed by atoms with E-state index < -0.39 is 43.7 Å². The van der Waals surface area contributed by atoms with Gasteiger partial charge < -0.3 is 38.6 Å². The Morgan fingerprint density at radius 2 is 1.25 bits per heavy atom. The van der Waals surface area contributed by atoms with Crippen LogP contribution < -0.4 is 19.5 Å². The summed E-state index contributed by atoms with van der Waals surface area (Å²) in [7, 11) is 3.54. The first-order valence-corrected chi connectivity index (χ1v) is 25.8. The second-order valence-electron chi connectivity index (χ2n) is 18.8. The number of carbonyl (C=O) groups excluding carboxylic acids is 2. The number of rotatable bonds is 23. The summed E-state index contributed by atoms with van der Waals surface area (Å²) in [6.07, 6.45) is -0.481. The zero-order chi connectivity index (χ0) is 53.3. The molecule has 0 saturated carbocycles. The molecule has 2 amide bonds. The smallest absolute Gasteiger partial charge is 0.387 e. The van der Waals surface area contributed by atoms with E-state index >= 15 is 0 Å². The number of anilines is 1. The zero-order valence-electron chi connectivity index (χ0n) is 43.7. The van der Waals surface area contributed by atoms with E-state index in [1.54, 1.807) is 79.3 Å². The van der Waals surface area contributed by atoms with Gasteiger partial charge in [0.15, 0.2) is 23.1 Å². The minimum atomic E-state index is -1.90. The number of nitrogens with zero attached hydrogens (tertiary/aromatic N) is 6. The second kappa shape index (κ2) is 24.0. The van der Waals surface area contributed by atoms with Gasteiger partial charge in [0.25, 0.3) is 11.8 Å². The molecule has 1 unspecified atom stereocenters. The van der Waals surface area contributed by atoms with Gasteiger partial charge in [-0.3, -0.25) is 14.4 Å². The maximum atomic E-state index is 14.7. The number of ether oxygens (including phenoxy) is 6. The lowest BCUT2D eigenvalue weighted by atomic mass is 9.80. The Morgan fingerprint density at radius 1 is 0.707 bits per heavy atom. The van der Waals surface area contributed by atoms with Crippen molar-refractivity contribution in [3.8, 4) is 17.2 Å². The van der Waals surface area contributed by atoms with Crippen LogP contribution in [0, 0.1) is 0 Å². The first-order valence-electron chi connectivity index (χ1n) is 24.9. The molecule has 5 aromatic carbocycles. The Morgan fingerprint density at radius 3 is 1.79 bits per heavy atom. The normalized spacial score (nSPS) is 17.8. The summed E-state index contributed by atoms with van der Waals surface area (Å²) in [5.74, 6) is 1.45. The van der Waals surface area contributed by atoms with E-state index in [2.05, 4.69) is 15.3 Å². The number of hydrogen-bond donors (Lipinski definition) is 1. The minimum Gasteiger partial charge on any atom is -0.497 e. The molecular formula is C57H65N7O10P+. The zero-order valence-corrected chi connectivity index (χ0v) is 44.7. The first-order chi connectivity index (χ1) is 36.3. The highest BCUT2D eigenvalue weighted by Gasteiger charge is 2.67. The maximum Gasteiger partial charge on any atom is 0.387 e. The van der Waals surface area contributed by atoms with E-state index in [0.717, 1.165) is 16.7 Å². The molecule has 3 heterocycles. The van der Waals surface area contributed by atoms with E-state index in [9.17, 15) is 14.2 Å². The Kier molecular flexibility index (Phi) is 17.4. The monoisotopic (exact) mass is 1040 g/mol. The van der Waals surface area contributed by atoms with Gasteiger partial charge in [-0.25, -0.2) is 19.5 Å². The van der Waals surface area contributed by atoms with Crippen molar-refractivity contribution in [2.45, 2.75) is 89.0 Å². The van der Waals surface area contributed by atoms with Crippen molar-refractivity contribution in [3.05, 3.63) is 174 Å². The lowest BCUT2D eigenvalue weighted by molar-refractivity contribution is -0.262. The summed E-state index contributed by atoms with van der Waals surface area (Å²) in [6, 6.07) is 40.4. The first kappa shape index (κ1) is 54.2. The van der Waals surface area contributed by atoms with Crippen LogP contribution in [0.5, 0.6) is 17.2 Å². The number of hydroxylamine groups is 2. The summed E-state index contributed by atoms with van der Waals surface area (Å²) in [4.78, 5) is 50.4. The molecule has 0 radical (unpaired) electrons. The third kappa shape index (κ3) is 11.3. The number of nitrogens with one attached hydrogen (secondary N) is 1.